The van der Waals surface area contributed by atoms with Crippen LogP contribution in [0.15, 0.2) is 53.5 Å². The number of aliphatic hydroxyl groups excluding tert-OH is 1. The molecule has 15 heteroatoms. The molecule has 1 aromatic carbocycles. The second kappa shape index (κ2) is 16.6. The van der Waals surface area contributed by atoms with Crippen molar-refractivity contribution in [3.63, 3.8) is 0 Å². The number of aliphatic imine (C=N–C) groups is 1. The molecular weight excluding hydrogens is 626 g/mol. The number of allylic oxidation sites excluding steroid dienone is 1. The Morgan fingerprint density at radius 2 is 1.88 bits per heavy atom. The highest BCUT2D eigenvalue weighted by atomic mass is 16.5. The number of nitrogens with zero attached hydrogens (tertiary/aromatic N) is 9. The molecule has 0 unspecified atom stereocenters. The number of anilines is 1. The normalized spacial score (nSPS) is 23.5. The fourth-order valence-corrected chi connectivity index (χ4v) is 6.95. The summed E-state index contributed by atoms with van der Waals surface area (Å²) in [5.74, 6) is 1.32. The van der Waals surface area contributed by atoms with Crippen molar-refractivity contribution in [1.29, 1.82) is 5.26 Å². The van der Waals surface area contributed by atoms with Crippen LogP contribution in [0.5, 0.6) is 5.75 Å². The summed E-state index contributed by atoms with van der Waals surface area (Å²) in [7, 11) is 1.78. The van der Waals surface area contributed by atoms with Crippen LogP contribution in [0.4, 0.5) is 5.95 Å². The number of aromatic nitrogens is 6. The minimum Gasteiger partial charge on any atom is -0.487 e. The van der Waals surface area contributed by atoms with Gasteiger partial charge in [-0.15, -0.1) is 5.10 Å². The first-order valence-electron chi connectivity index (χ1n) is 17.1. The molecule has 260 valence electrons. The molecule has 2 saturated heterocycles. The molecule has 3 aliphatic rings. The average Bonchev–Trinajstić information content (AvgIpc) is 3.73. The van der Waals surface area contributed by atoms with Gasteiger partial charge in [-0.2, -0.15) is 5.26 Å². The van der Waals surface area contributed by atoms with Gasteiger partial charge < -0.3 is 30.0 Å². The van der Waals surface area contributed by atoms with Crippen LogP contribution in [0.25, 0.3) is 11.1 Å². The van der Waals surface area contributed by atoms with Gasteiger partial charge in [-0.25, -0.2) is 14.6 Å². The zero-order valence-electron chi connectivity index (χ0n) is 28.1. The van der Waals surface area contributed by atoms with E-state index in [0.29, 0.717) is 66.5 Å². The summed E-state index contributed by atoms with van der Waals surface area (Å²) in [5.41, 5.74) is 2.58. The lowest BCUT2D eigenvalue weighted by atomic mass is 9.89. The van der Waals surface area contributed by atoms with Gasteiger partial charge in [0.05, 0.1) is 44.2 Å². The van der Waals surface area contributed by atoms with Crippen LogP contribution < -0.4 is 15.4 Å². The van der Waals surface area contributed by atoms with E-state index in [1.807, 2.05) is 25.3 Å². The first-order chi connectivity index (χ1) is 24.0. The van der Waals surface area contributed by atoms with Crippen LogP contribution >= 0.6 is 0 Å². The third-order valence-corrected chi connectivity index (χ3v) is 9.32. The number of benzene rings is 1. The van der Waals surface area contributed by atoms with Crippen molar-refractivity contribution in [1.82, 2.24) is 40.4 Å². The van der Waals surface area contributed by atoms with Gasteiger partial charge in [0, 0.05) is 56.2 Å². The van der Waals surface area contributed by atoms with E-state index in [0.717, 1.165) is 50.0 Å². The maximum Gasteiger partial charge on any atom is 0.227 e. The summed E-state index contributed by atoms with van der Waals surface area (Å²) in [6.07, 6.45) is 13.8. The van der Waals surface area contributed by atoms with Crippen LogP contribution in [0.2, 0.25) is 0 Å². The molecule has 1 saturated carbocycles. The number of tetrazole rings is 1. The monoisotopic (exact) mass is 671 g/mol. The quantitative estimate of drug-likeness (QED) is 0.122. The van der Waals surface area contributed by atoms with E-state index in [1.165, 1.54) is 19.2 Å². The van der Waals surface area contributed by atoms with Gasteiger partial charge in [-0.05, 0) is 73.6 Å². The van der Waals surface area contributed by atoms with Crippen LogP contribution in [0, 0.1) is 11.3 Å². The Balaban J connectivity index is 1.12. The summed E-state index contributed by atoms with van der Waals surface area (Å²) in [6.45, 7) is 4.43. The zero-order valence-corrected chi connectivity index (χ0v) is 28.1. The Bertz CT molecular complexity index is 1580. The minimum absolute atomic E-state index is 0.0346. The fraction of sp³-hybridized carbons (Fsp3) is 0.559. The molecule has 0 spiro atoms. The topological polar surface area (TPSA) is 181 Å². The lowest BCUT2D eigenvalue weighted by Crippen LogP contribution is -2.52. The number of ether oxygens (including phenoxy) is 3. The fourth-order valence-electron chi connectivity index (χ4n) is 6.95. The standard InChI is InChI=1S/C34H45N11O4/c1-23(19-44-22-40-42-43-44)49-32-14-24(4-5-25(32)15-35)26-16-38-34(39-17-26)41-31(33(36-2)48-13-3-12-46)18-37-27-6-8-28(9-7-27)45-29-10-11-30(45)21-47-20-29/h4-5,14,16-18,22-23,27-30,36,46H,3,6-13,19-21H2,1-2H3,(H,38,39,41)/b33-31-,37-18?/t23-,27?,28?,29-,30+/m0/s1. The van der Waals surface area contributed by atoms with Gasteiger partial charge in [0.1, 0.15) is 29.9 Å². The third kappa shape index (κ3) is 8.69. The van der Waals surface area contributed by atoms with Crippen LogP contribution in [-0.4, -0.2) is 110 Å². The van der Waals surface area contributed by atoms with Crippen molar-refractivity contribution in [2.75, 3.05) is 38.8 Å². The maximum absolute atomic E-state index is 9.67. The predicted octanol–water partition coefficient (Wildman–Crippen LogP) is 2.91. The summed E-state index contributed by atoms with van der Waals surface area (Å²) in [6, 6.07) is 9.55. The smallest absolute Gasteiger partial charge is 0.227 e. The van der Waals surface area contributed by atoms with Crippen molar-refractivity contribution < 1.29 is 19.3 Å². The number of nitriles is 1. The molecule has 0 amide bonds. The van der Waals surface area contributed by atoms with E-state index in [9.17, 15) is 10.4 Å². The third-order valence-electron chi connectivity index (χ3n) is 9.32. The zero-order chi connectivity index (χ0) is 34.0. The Kier molecular flexibility index (Phi) is 11.6. The van der Waals surface area contributed by atoms with Gasteiger partial charge in [0.15, 0.2) is 0 Å². The molecule has 2 bridgehead atoms. The molecule has 3 fully saturated rings. The minimum atomic E-state index is -0.281. The molecule has 3 aromatic rings. The Hall–Kier alpha value is -4.65. The van der Waals surface area contributed by atoms with Crippen LogP contribution in [0.3, 0.4) is 0 Å². The Morgan fingerprint density at radius 1 is 1.12 bits per heavy atom. The highest BCUT2D eigenvalue weighted by Crippen LogP contribution is 2.36. The number of nitrogens with one attached hydrogen (secondary N) is 2. The lowest BCUT2D eigenvalue weighted by Gasteiger charge is -2.43. The second-order valence-corrected chi connectivity index (χ2v) is 12.7. The predicted molar refractivity (Wildman–Crippen MR) is 181 cm³/mol. The number of fused-ring (bicyclic) bond motifs is 2. The number of hydrogen-bond donors (Lipinski definition) is 3. The van der Waals surface area contributed by atoms with Gasteiger partial charge in [0.25, 0.3) is 0 Å². The van der Waals surface area contributed by atoms with Crippen molar-refractivity contribution >= 4 is 12.2 Å². The van der Waals surface area contributed by atoms with Crippen molar-refractivity contribution in [3.8, 4) is 22.9 Å². The van der Waals surface area contributed by atoms with E-state index >= 15 is 0 Å². The summed E-state index contributed by atoms with van der Waals surface area (Å²) in [4.78, 5) is 16.9. The lowest BCUT2D eigenvalue weighted by molar-refractivity contribution is -0.0439. The van der Waals surface area contributed by atoms with Gasteiger partial charge in [-0.3, -0.25) is 9.89 Å². The number of morpholine rings is 1. The Morgan fingerprint density at radius 3 is 2.55 bits per heavy atom. The van der Waals surface area contributed by atoms with E-state index in [4.69, 9.17) is 19.2 Å². The van der Waals surface area contributed by atoms with E-state index in [-0.39, 0.29) is 18.8 Å². The largest absolute Gasteiger partial charge is 0.487 e. The van der Waals surface area contributed by atoms with Crippen molar-refractivity contribution in [2.45, 2.75) is 88.7 Å². The number of aliphatic hydroxyl groups is 1. The van der Waals surface area contributed by atoms with E-state index in [1.54, 1.807) is 30.2 Å². The summed E-state index contributed by atoms with van der Waals surface area (Å²) < 4.78 is 19.4. The molecule has 1 aliphatic carbocycles. The average molecular weight is 672 g/mol. The molecule has 2 aliphatic heterocycles. The SMILES string of the molecule is CN/C(OCCCO)=C(\C=NC1CCC(N2[C@@H]3CC[C@H]2COC3)CC1)Nc1ncc(-c2ccc(C#N)c(O[C@@H](C)Cn3cnnn3)c2)cn1. The van der Waals surface area contributed by atoms with Crippen LogP contribution in [0.1, 0.15) is 57.4 Å². The number of hydrogen-bond acceptors (Lipinski definition) is 14. The first kappa shape index (κ1) is 34.2. The van der Waals surface area contributed by atoms with E-state index in [2.05, 4.69) is 47.1 Å². The van der Waals surface area contributed by atoms with Gasteiger partial charge in [0.2, 0.25) is 11.8 Å². The molecule has 3 atom stereocenters. The highest BCUT2D eigenvalue weighted by Gasteiger charge is 2.42. The maximum atomic E-state index is 9.67. The molecule has 49 heavy (non-hydrogen) atoms. The Labute approximate surface area is 286 Å². The first-order valence-corrected chi connectivity index (χ1v) is 17.1. The molecular formula is C34H45N11O4. The highest BCUT2D eigenvalue weighted by molar-refractivity contribution is 5.83. The van der Waals surface area contributed by atoms with Crippen molar-refractivity contribution in [2.24, 2.45) is 4.99 Å². The molecule has 3 N–H and O–H groups in total. The molecule has 6 rings (SSSR count). The van der Waals surface area contributed by atoms with E-state index < -0.39 is 0 Å². The summed E-state index contributed by atoms with van der Waals surface area (Å²) >= 11 is 0. The molecule has 15 nitrogen and oxygen atoms in total. The second-order valence-electron chi connectivity index (χ2n) is 12.7. The number of rotatable bonds is 15. The molecule has 4 heterocycles. The summed E-state index contributed by atoms with van der Waals surface area (Å²) in [5, 5.41) is 36.5. The molecule has 0 radical (unpaired) electrons. The van der Waals surface area contributed by atoms with Crippen LogP contribution in [-0.2, 0) is 16.0 Å². The molecule has 2 aromatic heterocycles. The van der Waals surface area contributed by atoms with Crippen molar-refractivity contribution in [3.05, 3.63) is 54.1 Å². The van der Waals surface area contributed by atoms with Gasteiger partial charge in [-0.1, -0.05) is 6.07 Å². The van der Waals surface area contributed by atoms with Gasteiger partial charge >= 0.3 is 0 Å².